The molecule has 4 nitrogen and oxygen atoms in total. The van der Waals surface area contributed by atoms with Crippen LogP contribution in [0.1, 0.15) is 30.9 Å². The lowest BCUT2D eigenvalue weighted by molar-refractivity contribution is -0.145. The van der Waals surface area contributed by atoms with E-state index in [1.807, 2.05) is 19.2 Å². The highest BCUT2D eigenvalue weighted by Crippen LogP contribution is 2.26. The fraction of sp³-hybridized carbons (Fsp3) is 0.444. The third-order valence-electron chi connectivity index (χ3n) is 4.78. The summed E-state index contributed by atoms with van der Waals surface area (Å²) in [5.41, 5.74) is 3.45. The first-order valence-electron chi connectivity index (χ1n) is 7.87. The maximum absolute atomic E-state index is 11.4. The van der Waals surface area contributed by atoms with Crippen LogP contribution in [0.3, 0.4) is 0 Å². The third-order valence-corrected chi connectivity index (χ3v) is 4.78. The number of hydrogen-bond acceptors (Lipinski definition) is 3. The lowest BCUT2D eigenvalue weighted by Gasteiger charge is -2.37. The summed E-state index contributed by atoms with van der Waals surface area (Å²) in [6, 6.07) is 8.46. The van der Waals surface area contributed by atoms with E-state index < -0.39 is 5.97 Å². The summed E-state index contributed by atoms with van der Waals surface area (Å²) in [7, 11) is 0. The number of pyridine rings is 1. The average molecular weight is 298 g/mol. The molecule has 116 valence electrons. The van der Waals surface area contributed by atoms with Gasteiger partial charge in [-0.25, -0.2) is 0 Å². The van der Waals surface area contributed by atoms with E-state index in [9.17, 15) is 9.90 Å². The Labute approximate surface area is 130 Å². The quantitative estimate of drug-likeness (QED) is 0.945. The van der Waals surface area contributed by atoms with Gasteiger partial charge in [0.2, 0.25) is 0 Å². The number of hydrogen-bond donors (Lipinski definition) is 1. The van der Waals surface area contributed by atoms with Crippen molar-refractivity contribution in [1.29, 1.82) is 0 Å². The molecule has 0 spiro atoms. The minimum atomic E-state index is -0.670. The van der Waals surface area contributed by atoms with Gasteiger partial charge >= 0.3 is 5.97 Å². The molecule has 1 aromatic carbocycles. The molecular weight excluding hydrogens is 276 g/mol. The Kier molecular flexibility index (Phi) is 4.12. The molecule has 1 aliphatic rings. The largest absolute Gasteiger partial charge is 0.481 e. The molecule has 0 unspecified atom stereocenters. The average Bonchev–Trinajstić information content (AvgIpc) is 2.49. The molecule has 0 radical (unpaired) electrons. The maximum Gasteiger partial charge on any atom is 0.308 e. The smallest absolute Gasteiger partial charge is 0.308 e. The zero-order valence-electron chi connectivity index (χ0n) is 13.1. The van der Waals surface area contributed by atoms with E-state index in [0.717, 1.165) is 36.8 Å². The van der Waals surface area contributed by atoms with E-state index in [2.05, 4.69) is 35.0 Å². The molecule has 22 heavy (non-hydrogen) atoms. The first-order valence-corrected chi connectivity index (χ1v) is 7.87. The number of aryl methyl sites for hydroxylation is 1. The standard InChI is InChI=1S/C18H22N2O2/c1-12-9-14(10-15-5-3-7-19-17(12)15)11-20-8-4-6-16(13(20)2)18(21)22/h3,5,7,9-10,13,16H,4,6,8,11H2,1-2H3,(H,21,22)/t13-,16-/m1/s1. The van der Waals surface area contributed by atoms with Crippen LogP contribution in [0.5, 0.6) is 0 Å². The summed E-state index contributed by atoms with van der Waals surface area (Å²) in [4.78, 5) is 18.1. The monoisotopic (exact) mass is 298 g/mol. The van der Waals surface area contributed by atoms with E-state index in [-0.39, 0.29) is 12.0 Å². The van der Waals surface area contributed by atoms with Gasteiger partial charge in [0.05, 0.1) is 11.4 Å². The summed E-state index contributed by atoms with van der Waals surface area (Å²) in [6.45, 7) is 5.89. The normalized spacial score (nSPS) is 22.8. The Balaban J connectivity index is 1.85. The van der Waals surface area contributed by atoms with E-state index in [0.29, 0.717) is 0 Å². The second-order valence-electron chi connectivity index (χ2n) is 6.29. The lowest BCUT2D eigenvalue weighted by Crippen LogP contribution is -2.45. The molecule has 1 fully saturated rings. The Morgan fingerprint density at radius 2 is 2.27 bits per heavy atom. The second-order valence-corrected chi connectivity index (χ2v) is 6.29. The molecule has 0 amide bonds. The van der Waals surface area contributed by atoms with Gasteiger partial charge in [0, 0.05) is 24.2 Å². The predicted octanol–water partition coefficient (Wildman–Crippen LogP) is 3.23. The molecule has 2 aromatic rings. The summed E-state index contributed by atoms with van der Waals surface area (Å²) in [6.07, 6.45) is 3.56. The van der Waals surface area contributed by atoms with Crippen LogP contribution in [0.25, 0.3) is 10.9 Å². The Bertz CT molecular complexity index is 699. The number of carbonyl (C=O) groups is 1. The number of rotatable bonds is 3. The van der Waals surface area contributed by atoms with Crippen LogP contribution in [0, 0.1) is 12.8 Å². The molecule has 1 aliphatic heterocycles. The number of benzene rings is 1. The Morgan fingerprint density at radius 3 is 3.05 bits per heavy atom. The highest BCUT2D eigenvalue weighted by molar-refractivity contribution is 5.82. The number of carboxylic acid groups (broad SMARTS) is 1. The third kappa shape index (κ3) is 2.83. The number of piperidine rings is 1. The van der Waals surface area contributed by atoms with Gasteiger partial charge in [0.25, 0.3) is 0 Å². The van der Waals surface area contributed by atoms with Crippen molar-refractivity contribution in [3.05, 3.63) is 41.6 Å². The van der Waals surface area contributed by atoms with Gasteiger partial charge < -0.3 is 5.11 Å². The minimum Gasteiger partial charge on any atom is -0.481 e. The molecule has 0 aliphatic carbocycles. The van der Waals surface area contributed by atoms with Crippen LogP contribution in [0.4, 0.5) is 0 Å². The number of likely N-dealkylation sites (tertiary alicyclic amines) is 1. The second kappa shape index (κ2) is 6.05. The predicted molar refractivity (Wildman–Crippen MR) is 86.7 cm³/mol. The van der Waals surface area contributed by atoms with Gasteiger partial charge in [-0.2, -0.15) is 0 Å². The van der Waals surface area contributed by atoms with Crippen molar-refractivity contribution in [2.75, 3.05) is 6.54 Å². The summed E-state index contributed by atoms with van der Waals surface area (Å²) in [5, 5.41) is 10.5. The molecule has 4 heteroatoms. The van der Waals surface area contributed by atoms with Gasteiger partial charge in [-0.05, 0) is 56.5 Å². The van der Waals surface area contributed by atoms with Crippen molar-refractivity contribution in [3.8, 4) is 0 Å². The van der Waals surface area contributed by atoms with Gasteiger partial charge in [-0.1, -0.05) is 12.1 Å². The number of nitrogens with zero attached hydrogens (tertiary/aromatic N) is 2. The fourth-order valence-corrected chi connectivity index (χ4v) is 3.54. The number of aliphatic carboxylic acids is 1. The first kappa shape index (κ1) is 15.0. The molecule has 2 heterocycles. The van der Waals surface area contributed by atoms with Crippen molar-refractivity contribution in [1.82, 2.24) is 9.88 Å². The number of aromatic nitrogens is 1. The van der Waals surface area contributed by atoms with Crippen molar-refractivity contribution < 1.29 is 9.90 Å². The summed E-state index contributed by atoms with van der Waals surface area (Å²) >= 11 is 0. The first-order chi connectivity index (χ1) is 10.6. The van der Waals surface area contributed by atoms with Gasteiger partial charge in [0.1, 0.15) is 0 Å². The SMILES string of the molecule is Cc1cc(CN2CCC[C@@H](C(=O)O)[C@H]2C)cc2cccnc12. The lowest BCUT2D eigenvalue weighted by atomic mass is 9.90. The topological polar surface area (TPSA) is 53.4 Å². The van der Waals surface area contributed by atoms with Gasteiger partial charge in [-0.15, -0.1) is 0 Å². The van der Waals surface area contributed by atoms with Crippen molar-refractivity contribution in [2.24, 2.45) is 5.92 Å². The van der Waals surface area contributed by atoms with Crippen LogP contribution >= 0.6 is 0 Å². The highest BCUT2D eigenvalue weighted by atomic mass is 16.4. The van der Waals surface area contributed by atoms with Crippen molar-refractivity contribution >= 4 is 16.9 Å². The Hall–Kier alpha value is -1.94. The summed E-state index contributed by atoms with van der Waals surface area (Å²) in [5.74, 6) is -0.923. The fourth-order valence-electron chi connectivity index (χ4n) is 3.54. The van der Waals surface area contributed by atoms with Gasteiger partial charge in [-0.3, -0.25) is 14.7 Å². The molecule has 3 rings (SSSR count). The number of carboxylic acids is 1. The van der Waals surface area contributed by atoms with Crippen molar-refractivity contribution in [2.45, 2.75) is 39.3 Å². The molecule has 0 saturated carbocycles. The molecule has 1 N–H and O–H groups in total. The van der Waals surface area contributed by atoms with Crippen LogP contribution in [0.2, 0.25) is 0 Å². The van der Waals surface area contributed by atoms with Crippen LogP contribution in [0.15, 0.2) is 30.5 Å². The van der Waals surface area contributed by atoms with Crippen molar-refractivity contribution in [3.63, 3.8) is 0 Å². The van der Waals surface area contributed by atoms with Gasteiger partial charge in [0.15, 0.2) is 0 Å². The van der Waals surface area contributed by atoms with E-state index in [1.54, 1.807) is 0 Å². The summed E-state index contributed by atoms with van der Waals surface area (Å²) < 4.78 is 0. The zero-order valence-corrected chi connectivity index (χ0v) is 13.1. The van der Waals surface area contributed by atoms with Crippen LogP contribution < -0.4 is 0 Å². The number of fused-ring (bicyclic) bond motifs is 1. The maximum atomic E-state index is 11.4. The highest BCUT2D eigenvalue weighted by Gasteiger charge is 2.32. The molecule has 1 saturated heterocycles. The van der Waals surface area contributed by atoms with Crippen LogP contribution in [-0.4, -0.2) is 33.5 Å². The van der Waals surface area contributed by atoms with Crippen LogP contribution in [-0.2, 0) is 11.3 Å². The van der Waals surface area contributed by atoms with E-state index >= 15 is 0 Å². The molecular formula is C18H22N2O2. The Morgan fingerprint density at radius 1 is 1.45 bits per heavy atom. The molecule has 0 bridgehead atoms. The molecule has 2 atom stereocenters. The minimum absolute atomic E-state index is 0.0798. The van der Waals surface area contributed by atoms with E-state index in [1.165, 1.54) is 11.1 Å². The van der Waals surface area contributed by atoms with E-state index in [4.69, 9.17) is 0 Å². The molecule has 1 aromatic heterocycles. The zero-order chi connectivity index (χ0) is 15.7.